The summed E-state index contributed by atoms with van der Waals surface area (Å²) >= 11 is 2.97. The van der Waals surface area contributed by atoms with E-state index in [1.807, 2.05) is 32.0 Å². The molecule has 1 heterocycles. The molecule has 1 unspecified atom stereocenters. The minimum atomic E-state index is -0.229. The number of halogens is 1. The van der Waals surface area contributed by atoms with Crippen molar-refractivity contribution in [1.29, 1.82) is 0 Å². The van der Waals surface area contributed by atoms with E-state index < -0.39 is 0 Å². The van der Waals surface area contributed by atoms with Gasteiger partial charge in [0.1, 0.15) is 5.82 Å². The van der Waals surface area contributed by atoms with Crippen molar-refractivity contribution in [3.8, 4) is 0 Å². The minimum Gasteiger partial charge on any atom is -0.353 e. The van der Waals surface area contributed by atoms with Crippen molar-refractivity contribution >= 4 is 28.2 Å². The number of hydrogen-bond acceptors (Lipinski definition) is 6. The Balaban J connectivity index is 2.34. The Morgan fingerprint density at radius 1 is 1.35 bits per heavy atom. The van der Waals surface area contributed by atoms with Crippen molar-refractivity contribution in [2.75, 3.05) is 19.0 Å². The third-order valence-corrected chi connectivity index (χ3v) is 4.97. The van der Waals surface area contributed by atoms with Crippen molar-refractivity contribution < 1.29 is 4.39 Å². The van der Waals surface area contributed by atoms with Crippen molar-refractivity contribution in [3.63, 3.8) is 0 Å². The number of rotatable bonds is 4. The van der Waals surface area contributed by atoms with Crippen LogP contribution in [0.15, 0.2) is 21.4 Å². The Bertz CT molecular complexity index is 610. The van der Waals surface area contributed by atoms with E-state index in [1.165, 1.54) is 29.2 Å². The van der Waals surface area contributed by atoms with Crippen molar-refractivity contribution in [3.05, 3.63) is 29.1 Å². The molecule has 0 aliphatic rings. The van der Waals surface area contributed by atoms with Gasteiger partial charge in [-0.1, -0.05) is 23.1 Å². The fourth-order valence-corrected chi connectivity index (χ4v) is 3.66. The highest BCUT2D eigenvalue weighted by atomic mass is 32.2. The van der Waals surface area contributed by atoms with E-state index in [-0.39, 0.29) is 11.9 Å². The van der Waals surface area contributed by atoms with Crippen molar-refractivity contribution in [2.24, 2.45) is 5.73 Å². The summed E-state index contributed by atoms with van der Waals surface area (Å²) in [4.78, 5) is 2.84. The molecule has 4 nitrogen and oxygen atoms in total. The number of hydrogen-bond donors (Lipinski definition) is 1. The zero-order chi connectivity index (χ0) is 14.9. The van der Waals surface area contributed by atoms with E-state index in [0.29, 0.717) is 5.56 Å². The molecule has 0 aliphatic carbocycles. The molecule has 0 aliphatic heterocycles. The van der Waals surface area contributed by atoms with E-state index in [2.05, 4.69) is 10.2 Å². The molecule has 1 atom stereocenters. The standard InChI is InChI=1S/C13H17FN4S2/c1-7-5-11(9(8(2)15)6-10(7)14)19-13-17-16-12(20-13)18(3)4/h5-6,8H,15H2,1-4H3. The maximum Gasteiger partial charge on any atom is 0.208 e. The Morgan fingerprint density at radius 3 is 2.60 bits per heavy atom. The first-order chi connectivity index (χ1) is 9.38. The second-order valence-corrected chi connectivity index (χ2v) is 7.02. The van der Waals surface area contributed by atoms with Crippen LogP contribution in [0.2, 0.25) is 0 Å². The molecule has 0 saturated heterocycles. The SMILES string of the molecule is Cc1cc(Sc2nnc(N(C)C)s2)c(C(C)N)cc1F. The number of nitrogens with two attached hydrogens (primary N) is 1. The van der Waals surface area contributed by atoms with Gasteiger partial charge in [0.15, 0.2) is 4.34 Å². The van der Waals surface area contributed by atoms with Crippen LogP contribution in [0.4, 0.5) is 9.52 Å². The molecule has 0 fully saturated rings. The highest BCUT2D eigenvalue weighted by Crippen LogP contribution is 2.37. The van der Waals surface area contributed by atoms with Crippen molar-refractivity contribution in [2.45, 2.75) is 29.1 Å². The van der Waals surface area contributed by atoms with Crippen molar-refractivity contribution in [1.82, 2.24) is 10.2 Å². The highest BCUT2D eigenvalue weighted by molar-refractivity contribution is 8.01. The summed E-state index contributed by atoms with van der Waals surface area (Å²) in [6.45, 7) is 3.59. The van der Waals surface area contributed by atoms with E-state index in [4.69, 9.17) is 5.73 Å². The number of aryl methyl sites for hydroxylation is 1. The lowest BCUT2D eigenvalue weighted by Gasteiger charge is -2.12. The van der Waals surface area contributed by atoms with Gasteiger partial charge in [0.05, 0.1) is 0 Å². The summed E-state index contributed by atoms with van der Waals surface area (Å²) in [5, 5.41) is 9.08. The molecule has 0 spiro atoms. The molecule has 7 heteroatoms. The molecule has 1 aromatic carbocycles. The molecule has 108 valence electrons. The molecule has 2 N–H and O–H groups in total. The quantitative estimate of drug-likeness (QED) is 0.939. The zero-order valence-corrected chi connectivity index (χ0v) is 13.5. The second kappa shape index (κ2) is 6.07. The van der Waals surface area contributed by atoms with Crippen LogP contribution in [-0.2, 0) is 0 Å². The van der Waals surface area contributed by atoms with Crippen LogP contribution in [0.25, 0.3) is 0 Å². The summed E-state index contributed by atoms with van der Waals surface area (Å²) in [5.74, 6) is -0.229. The highest BCUT2D eigenvalue weighted by Gasteiger charge is 2.15. The average Bonchev–Trinajstić information content (AvgIpc) is 2.82. The lowest BCUT2D eigenvalue weighted by molar-refractivity contribution is 0.610. The minimum absolute atomic E-state index is 0.228. The van der Waals surface area contributed by atoms with Gasteiger partial charge in [-0.15, -0.1) is 10.2 Å². The first kappa shape index (κ1) is 15.2. The molecule has 20 heavy (non-hydrogen) atoms. The maximum absolute atomic E-state index is 13.7. The third kappa shape index (κ3) is 3.28. The van der Waals surface area contributed by atoms with Gasteiger partial charge in [-0.2, -0.15) is 0 Å². The number of anilines is 1. The van der Waals surface area contributed by atoms with Crippen LogP contribution in [0.5, 0.6) is 0 Å². The van der Waals surface area contributed by atoms with Crippen LogP contribution in [0.3, 0.4) is 0 Å². The average molecular weight is 312 g/mol. The Labute approximate surface area is 126 Å². The van der Waals surface area contributed by atoms with E-state index in [0.717, 1.165) is 19.9 Å². The topological polar surface area (TPSA) is 55.0 Å². The fraction of sp³-hybridized carbons (Fsp3) is 0.385. The van der Waals surface area contributed by atoms with Crippen LogP contribution in [-0.4, -0.2) is 24.3 Å². The Kier molecular flexibility index (Phi) is 4.62. The first-order valence-electron chi connectivity index (χ1n) is 6.12. The van der Waals surface area contributed by atoms with Gasteiger partial charge < -0.3 is 10.6 Å². The summed E-state index contributed by atoms with van der Waals surface area (Å²) in [6, 6.07) is 3.10. The van der Waals surface area contributed by atoms with Crippen LogP contribution < -0.4 is 10.6 Å². The molecular formula is C13H17FN4S2. The van der Waals surface area contributed by atoms with Gasteiger partial charge in [-0.25, -0.2) is 4.39 Å². The summed E-state index contributed by atoms with van der Waals surface area (Å²) in [5.41, 5.74) is 7.32. The predicted octanol–water partition coefficient (Wildman–Crippen LogP) is 3.22. The van der Waals surface area contributed by atoms with Crippen LogP contribution >= 0.6 is 23.1 Å². The monoisotopic (exact) mass is 312 g/mol. The molecule has 1 aromatic heterocycles. The number of nitrogens with zero attached hydrogens (tertiary/aromatic N) is 3. The number of benzene rings is 1. The van der Waals surface area contributed by atoms with Crippen LogP contribution in [0, 0.1) is 12.7 Å². The summed E-state index contributed by atoms with van der Waals surface area (Å²) < 4.78 is 14.5. The van der Waals surface area contributed by atoms with Gasteiger partial charge in [0.25, 0.3) is 0 Å². The predicted molar refractivity (Wildman–Crippen MR) is 82.1 cm³/mol. The first-order valence-corrected chi connectivity index (χ1v) is 7.76. The zero-order valence-electron chi connectivity index (χ0n) is 11.8. The van der Waals surface area contributed by atoms with Gasteiger partial charge in [0.2, 0.25) is 5.13 Å². The maximum atomic E-state index is 13.7. The molecular weight excluding hydrogens is 295 g/mol. The molecule has 0 bridgehead atoms. The summed E-state index contributed by atoms with van der Waals surface area (Å²) in [7, 11) is 3.84. The molecule has 0 radical (unpaired) electrons. The van der Waals surface area contributed by atoms with Crippen LogP contribution in [0.1, 0.15) is 24.1 Å². The number of aromatic nitrogens is 2. The van der Waals surface area contributed by atoms with E-state index in [9.17, 15) is 4.39 Å². The summed E-state index contributed by atoms with van der Waals surface area (Å²) in [6.07, 6.45) is 0. The second-order valence-electron chi connectivity index (χ2n) is 4.77. The largest absolute Gasteiger partial charge is 0.353 e. The third-order valence-electron chi connectivity index (χ3n) is 2.76. The Hall–Kier alpha value is -1.18. The van der Waals surface area contributed by atoms with Gasteiger partial charge in [0, 0.05) is 25.0 Å². The lowest BCUT2D eigenvalue weighted by Crippen LogP contribution is -2.07. The smallest absolute Gasteiger partial charge is 0.208 e. The van der Waals surface area contributed by atoms with Gasteiger partial charge >= 0.3 is 0 Å². The lowest BCUT2D eigenvalue weighted by atomic mass is 10.1. The molecule has 2 aromatic rings. The molecule has 2 rings (SSSR count). The molecule has 0 amide bonds. The Morgan fingerprint density at radius 2 is 2.05 bits per heavy atom. The fourth-order valence-electron chi connectivity index (χ4n) is 1.63. The van der Waals surface area contributed by atoms with Gasteiger partial charge in [-0.05, 0) is 37.1 Å². The van der Waals surface area contributed by atoms with E-state index in [1.54, 1.807) is 6.92 Å². The molecule has 0 saturated carbocycles. The van der Waals surface area contributed by atoms with Gasteiger partial charge in [-0.3, -0.25) is 0 Å². The normalized spacial score (nSPS) is 12.5. The van der Waals surface area contributed by atoms with E-state index >= 15 is 0 Å².